The van der Waals surface area contributed by atoms with E-state index >= 15 is 0 Å². The van der Waals surface area contributed by atoms with Crippen LogP contribution < -0.4 is 14.8 Å². The average Bonchev–Trinajstić information content (AvgIpc) is 3.21. The number of amides is 1. The molecule has 0 fully saturated rings. The molecular formula is C21H21N3O4. The first-order valence-corrected chi connectivity index (χ1v) is 8.75. The zero-order valence-corrected chi connectivity index (χ0v) is 15.7. The molecule has 0 aliphatic rings. The summed E-state index contributed by atoms with van der Waals surface area (Å²) in [6.07, 6.45) is 3.70. The minimum atomic E-state index is -0.177. The Morgan fingerprint density at radius 2 is 1.89 bits per heavy atom. The van der Waals surface area contributed by atoms with Gasteiger partial charge < -0.3 is 19.3 Å². The number of carbonyl (C=O) groups is 1. The molecule has 1 N–H and O–H groups in total. The summed E-state index contributed by atoms with van der Waals surface area (Å²) in [6, 6.07) is 15.0. The van der Waals surface area contributed by atoms with Crippen molar-refractivity contribution >= 4 is 12.0 Å². The first kappa shape index (κ1) is 19.2. The molecule has 0 unspecified atom stereocenters. The zero-order valence-electron chi connectivity index (χ0n) is 15.7. The molecule has 1 heterocycles. The summed E-state index contributed by atoms with van der Waals surface area (Å²) in [5, 5.41) is 6.78. The summed E-state index contributed by atoms with van der Waals surface area (Å²) in [5.74, 6) is 1.93. The summed E-state index contributed by atoms with van der Waals surface area (Å²) < 4.78 is 15.8. The summed E-state index contributed by atoms with van der Waals surface area (Å²) in [6.45, 7) is 0.394. The number of aromatic nitrogens is 2. The lowest BCUT2D eigenvalue weighted by atomic mass is 10.2. The van der Waals surface area contributed by atoms with Gasteiger partial charge in [-0.05, 0) is 29.8 Å². The number of nitrogens with one attached hydrogen (secondary N) is 1. The zero-order chi connectivity index (χ0) is 19.8. The molecule has 0 atom stereocenters. The molecule has 7 heteroatoms. The van der Waals surface area contributed by atoms with E-state index in [2.05, 4.69) is 15.5 Å². The molecule has 0 radical (unpaired) electrons. The Bertz CT molecular complexity index is 951. The molecule has 0 aliphatic carbocycles. The first-order valence-electron chi connectivity index (χ1n) is 8.75. The van der Waals surface area contributed by atoms with Crippen LogP contribution in [0.2, 0.25) is 0 Å². The molecule has 0 spiro atoms. The average molecular weight is 379 g/mol. The molecule has 144 valence electrons. The second kappa shape index (κ2) is 9.36. The molecular weight excluding hydrogens is 358 g/mol. The standard InChI is InChI=1S/C21H21N3O4/c1-26-17-10-9-16(14-18(17)27-2)21-23-20(28-24-21)12-13-22-19(25)11-8-15-6-4-3-5-7-15/h3-11,14H,12-13H2,1-2H3,(H,22,25)/b11-8+. The molecule has 3 aromatic rings. The van der Waals surface area contributed by atoms with Crippen molar-refractivity contribution in [2.24, 2.45) is 0 Å². The van der Waals surface area contributed by atoms with Crippen LogP contribution in [0.4, 0.5) is 0 Å². The molecule has 0 saturated heterocycles. The number of methoxy groups -OCH3 is 2. The first-order chi connectivity index (χ1) is 13.7. The number of carbonyl (C=O) groups excluding carboxylic acids is 1. The van der Waals surface area contributed by atoms with Crippen molar-refractivity contribution < 1.29 is 18.8 Å². The Kier molecular flexibility index (Phi) is 6.41. The van der Waals surface area contributed by atoms with Crippen molar-refractivity contribution in [2.45, 2.75) is 6.42 Å². The molecule has 0 bridgehead atoms. The van der Waals surface area contributed by atoms with Crippen molar-refractivity contribution in [3.63, 3.8) is 0 Å². The van der Waals surface area contributed by atoms with E-state index in [1.165, 1.54) is 6.08 Å². The second-order valence-corrected chi connectivity index (χ2v) is 5.87. The Balaban J connectivity index is 1.54. The topological polar surface area (TPSA) is 86.5 Å². The van der Waals surface area contributed by atoms with E-state index in [0.29, 0.717) is 36.2 Å². The Morgan fingerprint density at radius 1 is 1.11 bits per heavy atom. The molecule has 1 aromatic heterocycles. The summed E-state index contributed by atoms with van der Waals surface area (Å²) in [7, 11) is 3.14. The number of ether oxygens (including phenoxy) is 2. The minimum absolute atomic E-state index is 0.177. The molecule has 0 aliphatic heterocycles. The molecule has 7 nitrogen and oxygen atoms in total. The smallest absolute Gasteiger partial charge is 0.244 e. The van der Waals surface area contributed by atoms with Gasteiger partial charge in [0.05, 0.1) is 14.2 Å². The van der Waals surface area contributed by atoms with Crippen LogP contribution in [0.15, 0.2) is 59.1 Å². The van der Waals surface area contributed by atoms with Crippen LogP contribution in [0.1, 0.15) is 11.5 Å². The van der Waals surface area contributed by atoms with Crippen LogP contribution in [0.3, 0.4) is 0 Å². The van der Waals surface area contributed by atoms with Gasteiger partial charge in [-0.3, -0.25) is 4.79 Å². The van der Waals surface area contributed by atoms with Crippen molar-refractivity contribution in [1.29, 1.82) is 0 Å². The fraction of sp³-hybridized carbons (Fsp3) is 0.190. The lowest BCUT2D eigenvalue weighted by molar-refractivity contribution is -0.116. The number of nitrogens with zero attached hydrogens (tertiary/aromatic N) is 2. The molecule has 1 amide bonds. The quantitative estimate of drug-likeness (QED) is 0.605. The van der Waals surface area contributed by atoms with Crippen molar-refractivity contribution in [3.05, 3.63) is 66.1 Å². The number of hydrogen-bond acceptors (Lipinski definition) is 6. The normalized spacial score (nSPS) is 10.8. The van der Waals surface area contributed by atoms with Gasteiger partial charge in [0, 0.05) is 24.6 Å². The molecule has 28 heavy (non-hydrogen) atoms. The number of hydrogen-bond donors (Lipinski definition) is 1. The Hall–Kier alpha value is -3.61. The Labute approximate surface area is 163 Å². The fourth-order valence-electron chi connectivity index (χ4n) is 2.54. The van der Waals surface area contributed by atoms with Crippen LogP contribution in [0.25, 0.3) is 17.5 Å². The predicted octanol–water partition coefficient (Wildman–Crippen LogP) is 3.13. The van der Waals surface area contributed by atoms with Gasteiger partial charge in [0.25, 0.3) is 0 Å². The van der Waals surface area contributed by atoms with Gasteiger partial charge in [0.15, 0.2) is 11.5 Å². The fourth-order valence-corrected chi connectivity index (χ4v) is 2.54. The SMILES string of the molecule is COc1ccc(-c2noc(CCNC(=O)/C=C/c3ccccc3)n2)cc1OC. The summed E-state index contributed by atoms with van der Waals surface area (Å²) in [4.78, 5) is 16.2. The maximum absolute atomic E-state index is 11.9. The number of benzene rings is 2. The van der Waals surface area contributed by atoms with E-state index in [0.717, 1.165) is 11.1 Å². The third kappa shape index (κ3) is 4.97. The third-order valence-electron chi connectivity index (χ3n) is 3.97. The highest BCUT2D eigenvalue weighted by Crippen LogP contribution is 2.31. The molecule has 3 rings (SSSR count). The van der Waals surface area contributed by atoms with Crippen LogP contribution in [0, 0.1) is 0 Å². The van der Waals surface area contributed by atoms with Crippen LogP contribution in [-0.2, 0) is 11.2 Å². The summed E-state index contributed by atoms with van der Waals surface area (Å²) >= 11 is 0. The van der Waals surface area contributed by atoms with Crippen LogP contribution >= 0.6 is 0 Å². The van der Waals surface area contributed by atoms with E-state index < -0.39 is 0 Å². The lowest BCUT2D eigenvalue weighted by Crippen LogP contribution is -2.23. The van der Waals surface area contributed by atoms with Gasteiger partial charge in [-0.25, -0.2) is 0 Å². The van der Waals surface area contributed by atoms with Gasteiger partial charge in [-0.15, -0.1) is 0 Å². The molecule has 2 aromatic carbocycles. The highest BCUT2D eigenvalue weighted by molar-refractivity contribution is 5.91. The van der Waals surface area contributed by atoms with Gasteiger partial charge in [0.1, 0.15) is 0 Å². The van der Waals surface area contributed by atoms with Crippen LogP contribution in [0.5, 0.6) is 11.5 Å². The van der Waals surface area contributed by atoms with Crippen LogP contribution in [-0.4, -0.2) is 36.8 Å². The minimum Gasteiger partial charge on any atom is -0.493 e. The maximum atomic E-state index is 11.9. The van der Waals surface area contributed by atoms with Gasteiger partial charge in [-0.1, -0.05) is 35.5 Å². The second-order valence-electron chi connectivity index (χ2n) is 5.87. The maximum Gasteiger partial charge on any atom is 0.244 e. The summed E-state index contributed by atoms with van der Waals surface area (Å²) in [5.41, 5.74) is 1.72. The Morgan fingerprint density at radius 3 is 2.64 bits per heavy atom. The van der Waals surface area contributed by atoms with E-state index in [-0.39, 0.29) is 5.91 Å². The third-order valence-corrected chi connectivity index (χ3v) is 3.97. The lowest BCUT2D eigenvalue weighted by Gasteiger charge is -2.07. The van der Waals surface area contributed by atoms with Crippen molar-refractivity contribution in [3.8, 4) is 22.9 Å². The molecule has 0 saturated carbocycles. The van der Waals surface area contributed by atoms with Crippen molar-refractivity contribution in [1.82, 2.24) is 15.5 Å². The van der Waals surface area contributed by atoms with E-state index in [4.69, 9.17) is 14.0 Å². The van der Waals surface area contributed by atoms with E-state index in [9.17, 15) is 4.79 Å². The monoisotopic (exact) mass is 379 g/mol. The number of rotatable bonds is 8. The van der Waals surface area contributed by atoms with Gasteiger partial charge in [0.2, 0.25) is 17.6 Å². The van der Waals surface area contributed by atoms with Crippen molar-refractivity contribution in [2.75, 3.05) is 20.8 Å². The van der Waals surface area contributed by atoms with Gasteiger partial charge >= 0.3 is 0 Å². The predicted molar refractivity (Wildman–Crippen MR) is 105 cm³/mol. The van der Waals surface area contributed by atoms with Gasteiger partial charge in [-0.2, -0.15) is 4.98 Å². The van der Waals surface area contributed by atoms with E-state index in [1.807, 2.05) is 36.4 Å². The highest BCUT2D eigenvalue weighted by atomic mass is 16.5. The van der Waals surface area contributed by atoms with E-state index in [1.54, 1.807) is 32.4 Å². The largest absolute Gasteiger partial charge is 0.493 e. The highest BCUT2D eigenvalue weighted by Gasteiger charge is 2.12.